The van der Waals surface area contributed by atoms with Crippen LogP contribution in [-0.4, -0.2) is 22.0 Å². The summed E-state index contributed by atoms with van der Waals surface area (Å²) in [5.74, 6) is 0.366. The zero-order valence-electron chi connectivity index (χ0n) is 10.1. The SMILES string of the molecule is CN(c1cccc(C(N)=S)c1)c1nc[nH]c(=O)c1Cl. The fraction of sp³-hybridized carbons (Fsp3) is 0.0833. The van der Waals surface area contributed by atoms with E-state index in [1.54, 1.807) is 11.9 Å². The van der Waals surface area contributed by atoms with Crippen molar-refractivity contribution in [2.75, 3.05) is 11.9 Å². The molecule has 2 aromatic rings. The smallest absolute Gasteiger partial charge is 0.271 e. The number of rotatable bonds is 3. The number of aromatic nitrogens is 2. The highest BCUT2D eigenvalue weighted by molar-refractivity contribution is 7.80. The summed E-state index contributed by atoms with van der Waals surface area (Å²) in [5, 5.41) is 0.0331. The summed E-state index contributed by atoms with van der Waals surface area (Å²) < 4.78 is 0. The van der Waals surface area contributed by atoms with Crippen molar-refractivity contribution in [1.82, 2.24) is 9.97 Å². The second kappa shape index (κ2) is 5.38. The average molecular weight is 295 g/mol. The van der Waals surface area contributed by atoms with Gasteiger partial charge in [0.25, 0.3) is 5.56 Å². The number of halogens is 1. The van der Waals surface area contributed by atoms with E-state index in [9.17, 15) is 4.79 Å². The molecule has 1 aromatic heterocycles. The molecule has 0 aliphatic carbocycles. The molecule has 0 saturated carbocycles. The van der Waals surface area contributed by atoms with Gasteiger partial charge >= 0.3 is 0 Å². The maximum absolute atomic E-state index is 11.5. The predicted octanol–water partition coefficient (Wildman–Crippen LogP) is 1.83. The molecule has 0 fully saturated rings. The number of benzene rings is 1. The number of nitrogens with two attached hydrogens (primary N) is 1. The Hall–Kier alpha value is -1.92. The number of thiocarbonyl (C=S) groups is 1. The highest BCUT2D eigenvalue weighted by Gasteiger charge is 2.13. The lowest BCUT2D eigenvalue weighted by atomic mass is 10.2. The Morgan fingerprint density at radius 3 is 2.95 bits per heavy atom. The number of H-pyrrole nitrogens is 1. The van der Waals surface area contributed by atoms with Crippen LogP contribution in [0, 0.1) is 0 Å². The van der Waals surface area contributed by atoms with Crippen LogP contribution in [-0.2, 0) is 0 Å². The highest BCUT2D eigenvalue weighted by Crippen LogP contribution is 2.26. The van der Waals surface area contributed by atoms with Crippen molar-refractivity contribution >= 4 is 40.3 Å². The van der Waals surface area contributed by atoms with Crippen LogP contribution in [0.3, 0.4) is 0 Å². The molecule has 7 heteroatoms. The number of nitrogens with one attached hydrogen (secondary N) is 1. The van der Waals surface area contributed by atoms with Crippen LogP contribution in [0.5, 0.6) is 0 Å². The van der Waals surface area contributed by atoms with Crippen molar-refractivity contribution in [3.63, 3.8) is 0 Å². The molecule has 1 aromatic carbocycles. The van der Waals surface area contributed by atoms with Crippen LogP contribution in [0.4, 0.5) is 11.5 Å². The van der Waals surface area contributed by atoms with E-state index in [1.165, 1.54) is 6.33 Å². The third-order valence-corrected chi connectivity index (χ3v) is 3.19. The molecule has 0 spiro atoms. The number of nitrogens with zero attached hydrogens (tertiary/aromatic N) is 2. The van der Waals surface area contributed by atoms with Gasteiger partial charge in [-0.3, -0.25) is 4.79 Å². The summed E-state index contributed by atoms with van der Waals surface area (Å²) in [6.45, 7) is 0. The molecule has 0 unspecified atom stereocenters. The largest absolute Gasteiger partial charge is 0.389 e. The van der Waals surface area contributed by atoms with Crippen LogP contribution in [0.25, 0.3) is 0 Å². The highest BCUT2D eigenvalue weighted by atomic mass is 35.5. The fourth-order valence-corrected chi connectivity index (χ4v) is 1.95. The lowest BCUT2D eigenvalue weighted by Gasteiger charge is -2.19. The number of anilines is 2. The van der Waals surface area contributed by atoms with E-state index in [2.05, 4.69) is 9.97 Å². The second-order valence-electron chi connectivity index (χ2n) is 3.84. The average Bonchev–Trinajstić information content (AvgIpc) is 2.41. The molecule has 2 rings (SSSR count). The molecule has 5 nitrogen and oxygen atoms in total. The number of hydrogen-bond donors (Lipinski definition) is 2. The maximum Gasteiger partial charge on any atom is 0.271 e. The van der Waals surface area contributed by atoms with Crippen molar-refractivity contribution in [1.29, 1.82) is 0 Å². The van der Waals surface area contributed by atoms with Gasteiger partial charge < -0.3 is 15.6 Å². The Bertz CT molecular complexity index is 685. The van der Waals surface area contributed by atoms with Gasteiger partial charge in [-0.2, -0.15) is 0 Å². The molecule has 0 atom stereocenters. The normalized spacial score (nSPS) is 10.2. The first-order chi connectivity index (χ1) is 9.00. The quantitative estimate of drug-likeness (QED) is 0.845. The van der Waals surface area contributed by atoms with Crippen LogP contribution in [0.15, 0.2) is 35.4 Å². The van der Waals surface area contributed by atoms with Crippen molar-refractivity contribution in [3.8, 4) is 0 Å². The summed E-state index contributed by atoms with van der Waals surface area (Å²) in [4.78, 5) is 19.9. The maximum atomic E-state index is 11.5. The van der Waals surface area contributed by atoms with Crippen molar-refractivity contribution in [3.05, 3.63) is 51.5 Å². The van der Waals surface area contributed by atoms with Gasteiger partial charge in [-0.25, -0.2) is 4.98 Å². The van der Waals surface area contributed by atoms with Crippen molar-refractivity contribution in [2.24, 2.45) is 5.73 Å². The second-order valence-corrected chi connectivity index (χ2v) is 4.66. The first kappa shape index (κ1) is 13.5. The molecular weight excluding hydrogens is 284 g/mol. The molecular formula is C12H11ClN4OS. The van der Waals surface area contributed by atoms with Gasteiger partial charge in [-0.15, -0.1) is 0 Å². The van der Waals surface area contributed by atoms with Crippen LogP contribution in [0.2, 0.25) is 5.02 Å². The van der Waals surface area contributed by atoms with E-state index in [-0.39, 0.29) is 10.6 Å². The molecule has 0 bridgehead atoms. The molecule has 3 N–H and O–H groups in total. The zero-order chi connectivity index (χ0) is 14.0. The molecule has 1 heterocycles. The van der Waals surface area contributed by atoms with Crippen LogP contribution >= 0.6 is 23.8 Å². The van der Waals surface area contributed by atoms with Gasteiger partial charge in [-0.1, -0.05) is 36.0 Å². The Morgan fingerprint density at radius 2 is 2.26 bits per heavy atom. The van der Waals surface area contributed by atoms with Crippen molar-refractivity contribution < 1.29 is 0 Å². The summed E-state index contributed by atoms with van der Waals surface area (Å²) in [7, 11) is 1.76. The topological polar surface area (TPSA) is 75.0 Å². The number of aromatic amines is 1. The lowest BCUT2D eigenvalue weighted by Crippen LogP contribution is -2.18. The van der Waals surface area contributed by atoms with E-state index < -0.39 is 0 Å². The third-order valence-electron chi connectivity index (χ3n) is 2.61. The standard InChI is InChI=1S/C12H11ClN4OS/c1-17(11-9(13)12(18)16-6-15-11)8-4-2-3-7(5-8)10(14)19/h2-6H,1H3,(H2,14,19)(H,15,16,18). The van der Waals surface area contributed by atoms with Gasteiger partial charge in [0.1, 0.15) is 10.0 Å². The van der Waals surface area contributed by atoms with E-state index in [0.717, 1.165) is 11.3 Å². The predicted molar refractivity (Wildman–Crippen MR) is 80.3 cm³/mol. The van der Waals surface area contributed by atoms with E-state index >= 15 is 0 Å². The summed E-state index contributed by atoms with van der Waals surface area (Å²) in [5.41, 5.74) is 6.73. The van der Waals surface area contributed by atoms with Crippen molar-refractivity contribution in [2.45, 2.75) is 0 Å². The monoisotopic (exact) mass is 294 g/mol. The van der Waals surface area contributed by atoms with Gasteiger partial charge in [0.15, 0.2) is 5.82 Å². The first-order valence-electron chi connectivity index (χ1n) is 5.37. The van der Waals surface area contributed by atoms with Gasteiger partial charge in [0.2, 0.25) is 0 Å². The van der Waals surface area contributed by atoms with Gasteiger partial charge in [-0.05, 0) is 12.1 Å². The Kier molecular flexibility index (Phi) is 3.82. The minimum atomic E-state index is -0.385. The minimum absolute atomic E-state index is 0.0331. The third kappa shape index (κ3) is 2.74. The van der Waals surface area contributed by atoms with E-state index in [1.807, 2.05) is 24.3 Å². The van der Waals surface area contributed by atoms with Crippen LogP contribution < -0.4 is 16.2 Å². The lowest BCUT2D eigenvalue weighted by molar-refractivity contribution is 1.05. The zero-order valence-corrected chi connectivity index (χ0v) is 11.6. The molecule has 0 saturated heterocycles. The summed E-state index contributed by atoms with van der Waals surface area (Å²) in [6, 6.07) is 7.29. The van der Waals surface area contributed by atoms with Gasteiger partial charge in [0.05, 0.1) is 6.33 Å². The Balaban J connectivity index is 2.47. The molecule has 0 radical (unpaired) electrons. The molecule has 0 amide bonds. The minimum Gasteiger partial charge on any atom is -0.389 e. The summed E-state index contributed by atoms with van der Waals surface area (Å²) >= 11 is 10.9. The first-order valence-corrected chi connectivity index (χ1v) is 6.16. The van der Waals surface area contributed by atoms with E-state index in [4.69, 9.17) is 29.6 Å². The molecule has 0 aliphatic heterocycles. The van der Waals surface area contributed by atoms with E-state index in [0.29, 0.717) is 10.8 Å². The molecule has 98 valence electrons. The molecule has 0 aliphatic rings. The number of hydrogen-bond acceptors (Lipinski definition) is 4. The Morgan fingerprint density at radius 1 is 1.53 bits per heavy atom. The molecule has 19 heavy (non-hydrogen) atoms. The fourth-order valence-electron chi connectivity index (χ4n) is 1.60. The Labute approximate surface area is 120 Å². The van der Waals surface area contributed by atoms with Crippen LogP contribution in [0.1, 0.15) is 5.56 Å². The summed E-state index contributed by atoms with van der Waals surface area (Å²) in [6.07, 6.45) is 1.30. The van der Waals surface area contributed by atoms with Gasteiger partial charge in [0, 0.05) is 18.3 Å².